The molecular weight excluding hydrogens is 461 g/mol. The van der Waals surface area contributed by atoms with Crippen molar-refractivity contribution in [3.8, 4) is 16.9 Å². The number of nitrogens with two attached hydrogens (primary N) is 1. The van der Waals surface area contributed by atoms with E-state index in [0.29, 0.717) is 24.8 Å². The fourth-order valence-electron chi connectivity index (χ4n) is 3.87. The molecule has 2 heterocycles. The molecule has 2 aromatic carbocycles. The lowest BCUT2D eigenvalue weighted by Gasteiger charge is -2.27. The third-order valence-corrected chi connectivity index (χ3v) is 6.47. The Hall–Kier alpha value is -3.50. The molecule has 0 bridgehead atoms. The number of rotatable bonds is 9. The molecule has 0 aliphatic carbocycles. The average molecular weight is 486 g/mol. The smallest absolute Gasteiger partial charge is 0.412 e. The highest BCUT2D eigenvalue weighted by atomic mass is 32.2. The van der Waals surface area contributed by atoms with Crippen LogP contribution in [0.5, 0.6) is 5.75 Å². The molecule has 1 fully saturated rings. The van der Waals surface area contributed by atoms with E-state index in [4.69, 9.17) is 14.6 Å². The maximum absolute atomic E-state index is 15.5. The second-order valence-electron chi connectivity index (χ2n) is 7.79. The number of hydrogen-bond acceptors (Lipinski definition) is 6. The molecule has 4 rings (SSSR count). The van der Waals surface area contributed by atoms with Gasteiger partial charge in [0.1, 0.15) is 11.5 Å². The van der Waals surface area contributed by atoms with Crippen LogP contribution in [0.3, 0.4) is 0 Å². The summed E-state index contributed by atoms with van der Waals surface area (Å²) in [6.45, 7) is 0.478. The van der Waals surface area contributed by atoms with Crippen LogP contribution in [0.1, 0.15) is 18.4 Å². The van der Waals surface area contributed by atoms with Gasteiger partial charge in [0, 0.05) is 24.4 Å². The predicted molar refractivity (Wildman–Crippen MR) is 123 cm³/mol. The first-order valence-corrected chi connectivity index (χ1v) is 12.3. The number of ether oxygens (including phenoxy) is 2. The van der Waals surface area contributed by atoms with E-state index < -0.39 is 33.1 Å². The molecule has 0 saturated carbocycles. The molecular formula is C24H24FN3O5S. The summed E-state index contributed by atoms with van der Waals surface area (Å²) in [5.41, 5.74) is 1.68. The number of benzene rings is 2. The van der Waals surface area contributed by atoms with E-state index in [0.717, 1.165) is 5.56 Å². The first kappa shape index (κ1) is 23.7. The third-order valence-electron chi connectivity index (χ3n) is 5.50. The summed E-state index contributed by atoms with van der Waals surface area (Å²) >= 11 is 0. The van der Waals surface area contributed by atoms with Crippen molar-refractivity contribution in [1.29, 1.82) is 0 Å². The number of amides is 1. The molecule has 1 aromatic heterocycles. The Morgan fingerprint density at radius 3 is 2.50 bits per heavy atom. The zero-order valence-electron chi connectivity index (χ0n) is 18.3. The normalized spacial score (nSPS) is 14.6. The van der Waals surface area contributed by atoms with Gasteiger partial charge in [-0.25, -0.2) is 22.7 Å². The number of carbonyl (C=O) groups excluding carboxylic acids is 1. The number of halogens is 1. The summed E-state index contributed by atoms with van der Waals surface area (Å²) in [5, 5.41) is 5.37. The lowest BCUT2D eigenvalue weighted by molar-refractivity contribution is 0.0463. The van der Waals surface area contributed by atoms with E-state index in [1.807, 2.05) is 12.1 Å². The van der Waals surface area contributed by atoms with Crippen molar-refractivity contribution < 1.29 is 27.1 Å². The fraction of sp³-hybridized carbons (Fsp3) is 0.250. The van der Waals surface area contributed by atoms with Crippen molar-refractivity contribution in [2.24, 2.45) is 5.14 Å². The highest BCUT2D eigenvalue weighted by molar-refractivity contribution is 7.89. The van der Waals surface area contributed by atoms with E-state index >= 15 is 4.39 Å². The van der Waals surface area contributed by atoms with Gasteiger partial charge in [-0.15, -0.1) is 0 Å². The Balaban J connectivity index is 1.63. The predicted octanol–water partition coefficient (Wildman–Crippen LogP) is 3.72. The van der Waals surface area contributed by atoms with Crippen molar-refractivity contribution in [3.63, 3.8) is 0 Å². The molecule has 1 amide bonds. The van der Waals surface area contributed by atoms with Gasteiger partial charge in [-0.2, -0.15) is 0 Å². The first-order chi connectivity index (χ1) is 16.3. The van der Waals surface area contributed by atoms with Crippen LogP contribution >= 0.6 is 0 Å². The molecule has 34 heavy (non-hydrogen) atoms. The van der Waals surface area contributed by atoms with Crippen molar-refractivity contribution in [3.05, 3.63) is 78.4 Å². The van der Waals surface area contributed by atoms with Gasteiger partial charge in [-0.05, 0) is 48.2 Å². The van der Waals surface area contributed by atoms with Crippen LogP contribution in [0, 0.1) is 5.82 Å². The molecule has 1 unspecified atom stereocenters. The van der Waals surface area contributed by atoms with E-state index in [2.05, 4.69) is 4.98 Å². The number of sulfonamides is 1. The van der Waals surface area contributed by atoms with Gasteiger partial charge >= 0.3 is 6.09 Å². The zero-order valence-corrected chi connectivity index (χ0v) is 19.1. The number of aromatic nitrogens is 1. The summed E-state index contributed by atoms with van der Waals surface area (Å²) in [6, 6.07) is 15.1. The number of carbonyl (C=O) groups is 1. The minimum absolute atomic E-state index is 0.128. The van der Waals surface area contributed by atoms with Gasteiger partial charge in [0.15, 0.2) is 17.8 Å². The van der Waals surface area contributed by atoms with Gasteiger partial charge < -0.3 is 9.47 Å². The van der Waals surface area contributed by atoms with Crippen LogP contribution in [0.2, 0.25) is 0 Å². The number of aryl methyl sites for hydroxylation is 1. The summed E-state index contributed by atoms with van der Waals surface area (Å²) in [7, 11) is -4.42. The van der Waals surface area contributed by atoms with Gasteiger partial charge in [0.05, 0.1) is 6.54 Å². The second kappa shape index (κ2) is 10.2. The number of nitrogens with zero attached hydrogens (tertiary/aromatic N) is 2. The summed E-state index contributed by atoms with van der Waals surface area (Å²) in [5.74, 6) is -1.41. The number of pyridine rings is 1. The summed E-state index contributed by atoms with van der Waals surface area (Å²) < 4.78 is 51.1. The van der Waals surface area contributed by atoms with Crippen molar-refractivity contribution in [2.75, 3.05) is 13.2 Å². The van der Waals surface area contributed by atoms with Crippen LogP contribution < -0.4 is 9.88 Å². The fourth-order valence-corrected chi connectivity index (χ4v) is 4.72. The molecule has 1 aliphatic rings. The first-order valence-electron chi connectivity index (χ1n) is 10.7. The maximum atomic E-state index is 15.5. The molecule has 1 atom stereocenters. The lowest BCUT2D eigenvalue weighted by atomic mass is 10.1. The van der Waals surface area contributed by atoms with Crippen LogP contribution in [-0.4, -0.2) is 43.8 Å². The standard InChI is InChI=1S/C24H24FN3O5S/c25-22-20(10-9-19(23(22)34(26,30)31)18-6-2-1-3-7-18)33-21(28-15-16-32-24(28)29)8-4-5-17-11-13-27-14-12-17/h1-3,6-7,9-14,21H,4-5,8,15-16H2,(H2,26,30,31). The van der Waals surface area contributed by atoms with Crippen LogP contribution in [0.15, 0.2) is 71.9 Å². The SMILES string of the molecule is NS(=O)(=O)c1c(-c2ccccc2)ccc(OC(CCCc2ccncc2)N2CCOC2=O)c1F. The molecule has 3 aromatic rings. The molecule has 0 spiro atoms. The van der Waals surface area contributed by atoms with Crippen LogP contribution in [0.4, 0.5) is 9.18 Å². The maximum Gasteiger partial charge on any atom is 0.412 e. The van der Waals surface area contributed by atoms with E-state index in [1.165, 1.54) is 17.0 Å². The van der Waals surface area contributed by atoms with E-state index in [1.54, 1.807) is 42.7 Å². The summed E-state index contributed by atoms with van der Waals surface area (Å²) in [6.07, 6.45) is 3.68. The van der Waals surface area contributed by atoms with Crippen molar-refractivity contribution >= 4 is 16.1 Å². The third kappa shape index (κ3) is 5.35. The molecule has 2 N–H and O–H groups in total. The Kier molecular flexibility index (Phi) is 7.09. The number of hydrogen-bond donors (Lipinski definition) is 1. The highest BCUT2D eigenvalue weighted by Gasteiger charge is 2.33. The topological polar surface area (TPSA) is 112 Å². The Morgan fingerprint density at radius 1 is 1.12 bits per heavy atom. The Morgan fingerprint density at radius 2 is 1.85 bits per heavy atom. The minimum atomic E-state index is -4.42. The molecule has 10 heteroatoms. The Bertz CT molecular complexity index is 1260. The molecule has 1 aliphatic heterocycles. The number of primary sulfonamides is 1. The molecule has 178 valence electrons. The quantitative estimate of drug-likeness (QED) is 0.495. The van der Waals surface area contributed by atoms with Gasteiger partial charge in [-0.3, -0.25) is 9.88 Å². The van der Waals surface area contributed by atoms with Crippen LogP contribution in [-0.2, 0) is 21.2 Å². The summed E-state index contributed by atoms with van der Waals surface area (Å²) in [4.78, 5) is 16.9. The largest absolute Gasteiger partial charge is 0.467 e. The van der Waals surface area contributed by atoms with Gasteiger partial charge in [0.25, 0.3) is 0 Å². The van der Waals surface area contributed by atoms with Crippen LogP contribution in [0.25, 0.3) is 11.1 Å². The number of cyclic esters (lactones) is 1. The second-order valence-corrected chi connectivity index (χ2v) is 9.29. The molecule has 8 nitrogen and oxygen atoms in total. The van der Waals surface area contributed by atoms with Gasteiger partial charge in [-0.1, -0.05) is 30.3 Å². The molecule has 1 saturated heterocycles. The van der Waals surface area contributed by atoms with Gasteiger partial charge in [0.2, 0.25) is 10.0 Å². The zero-order chi connectivity index (χ0) is 24.1. The van der Waals surface area contributed by atoms with Crippen molar-refractivity contribution in [1.82, 2.24) is 9.88 Å². The molecule has 0 radical (unpaired) electrons. The van der Waals surface area contributed by atoms with Crippen molar-refractivity contribution in [2.45, 2.75) is 30.4 Å². The monoisotopic (exact) mass is 485 g/mol. The Labute approximate surface area is 197 Å². The highest BCUT2D eigenvalue weighted by Crippen LogP contribution is 2.35. The van der Waals surface area contributed by atoms with E-state index in [9.17, 15) is 13.2 Å². The lowest BCUT2D eigenvalue weighted by Crippen LogP contribution is -2.40. The van der Waals surface area contributed by atoms with E-state index in [-0.39, 0.29) is 24.5 Å². The average Bonchev–Trinajstić information content (AvgIpc) is 3.25. The minimum Gasteiger partial charge on any atom is -0.467 e.